The van der Waals surface area contributed by atoms with Gasteiger partial charge in [-0.15, -0.1) is 0 Å². The van der Waals surface area contributed by atoms with Gasteiger partial charge in [0.25, 0.3) is 0 Å². The van der Waals surface area contributed by atoms with Crippen molar-refractivity contribution in [3.05, 3.63) is 30.6 Å². The van der Waals surface area contributed by atoms with E-state index in [1.54, 1.807) is 12.1 Å². The summed E-state index contributed by atoms with van der Waals surface area (Å²) in [5.41, 5.74) is 0.713. The molecule has 1 heterocycles. The van der Waals surface area contributed by atoms with E-state index in [1.807, 2.05) is 12.1 Å². The highest BCUT2D eigenvalue weighted by atomic mass is 16.4. The van der Waals surface area contributed by atoms with Crippen LogP contribution in [-0.4, -0.2) is 38.3 Å². The fraction of sp³-hybridized carbons (Fsp3) is 0.250. The Morgan fingerprint density at radius 1 is 1.33 bits per heavy atom. The summed E-state index contributed by atoms with van der Waals surface area (Å²) in [5, 5.41) is 21.9. The predicted molar refractivity (Wildman–Crippen MR) is 66.3 cm³/mol. The normalized spacial score (nSPS) is 14.1. The lowest BCUT2D eigenvalue weighted by molar-refractivity contribution is -0.140. The standard InChI is InChI=1S/C12H13N3O3/c1-7(16)10(12(17)18)15-11-8-4-2-3-5-9(8)13-6-14-11/h2-7,10,16H,1H3,(H,17,18)(H,13,14,15)/t7-,10+/m1/s1. The fourth-order valence-electron chi connectivity index (χ4n) is 1.66. The fourth-order valence-corrected chi connectivity index (χ4v) is 1.66. The quantitative estimate of drug-likeness (QED) is 0.742. The summed E-state index contributed by atoms with van der Waals surface area (Å²) in [6, 6.07) is 6.14. The van der Waals surface area contributed by atoms with Gasteiger partial charge in [-0.2, -0.15) is 0 Å². The molecule has 94 valence electrons. The number of aliphatic hydroxyl groups is 1. The van der Waals surface area contributed by atoms with Crippen LogP contribution in [0.3, 0.4) is 0 Å². The van der Waals surface area contributed by atoms with Gasteiger partial charge in [0.05, 0.1) is 11.6 Å². The number of aliphatic carboxylic acids is 1. The van der Waals surface area contributed by atoms with Gasteiger partial charge in [0.15, 0.2) is 6.04 Å². The van der Waals surface area contributed by atoms with Crippen LogP contribution in [0.2, 0.25) is 0 Å². The van der Waals surface area contributed by atoms with Gasteiger partial charge in [-0.3, -0.25) is 0 Å². The number of carboxylic acids is 1. The molecule has 0 unspecified atom stereocenters. The first-order chi connectivity index (χ1) is 8.59. The maximum atomic E-state index is 11.0. The summed E-state index contributed by atoms with van der Waals surface area (Å²) >= 11 is 0. The molecule has 18 heavy (non-hydrogen) atoms. The van der Waals surface area contributed by atoms with Crippen molar-refractivity contribution < 1.29 is 15.0 Å². The highest BCUT2D eigenvalue weighted by Gasteiger charge is 2.23. The first kappa shape index (κ1) is 12.3. The van der Waals surface area contributed by atoms with Crippen molar-refractivity contribution in [2.24, 2.45) is 0 Å². The average Bonchev–Trinajstić information content (AvgIpc) is 2.35. The van der Waals surface area contributed by atoms with Crippen molar-refractivity contribution in [2.45, 2.75) is 19.1 Å². The van der Waals surface area contributed by atoms with Crippen LogP contribution in [0.1, 0.15) is 6.92 Å². The van der Waals surface area contributed by atoms with Gasteiger partial charge in [-0.05, 0) is 19.1 Å². The number of fused-ring (bicyclic) bond motifs is 1. The molecule has 0 aliphatic rings. The topological polar surface area (TPSA) is 95.3 Å². The third kappa shape index (κ3) is 2.38. The molecule has 2 atom stereocenters. The second-order valence-corrected chi connectivity index (χ2v) is 3.94. The zero-order valence-electron chi connectivity index (χ0n) is 9.74. The van der Waals surface area contributed by atoms with Crippen LogP contribution in [0.15, 0.2) is 30.6 Å². The van der Waals surface area contributed by atoms with E-state index in [4.69, 9.17) is 5.11 Å². The van der Waals surface area contributed by atoms with E-state index in [1.165, 1.54) is 13.3 Å². The monoisotopic (exact) mass is 247 g/mol. The number of para-hydroxylation sites is 1. The molecule has 0 aliphatic heterocycles. The van der Waals surface area contributed by atoms with E-state index in [0.717, 1.165) is 0 Å². The highest BCUT2D eigenvalue weighted by Crippen LogP contribution is 2.19. The molecule has 6 heteroatoms. The van der Waals surface area contributed by atoms with Gasteiger partial charge in [-0.25, -0.2) is 14.8 Å². The minimum absolute atomic E-state index is 0.397. The molecule has 2 rings (SSSR count). The number of benzene rings is 1. The lowest BCUT2D eigenvalue weighted by atomic mass is 10.1. The molecule has 0 saturated carbocycles. The van der Waals surface area contributed by atoms with Crippen LogP contribution < -0.4 is 5.32 Å². The molecule has 0 fully saturated rings. The number of nitrogens with zero attached hydrogens (tertiary/aromatic N) is 2. The summed E-state index contributed by atoms with van der Waals surface area (Å²) in [4.78, 5) is 19.1. The summed E-state index contributed by atoms with van der Waals surface area (Å²) in [7, 11) is 0. The van der Waals surface area contributed by atoms with Crippen LogP contribution >= 0.6 is 0 Å². The molecule has 0 amide bonds. The number of hydrogen-bond acceptors (Lipinski definition) is 5. The zero-order chi connectivity index (χ0) is 13.1. The minimum atomic E-state index is -1.13. The number of aliphatic hydroxyl groups excluding tert-OH is 1. The molecule has 0 bridgehead atoms. The van der Waals surface area contributed by atoms with Crippen molar-refractivity contribution >= 4 is 22.7 Å². The molecule has 2 aromatic rings. The molecule has 6 nitrogen and oxygen atoms in total. The largest absolute Gasteiger partial charge is 0.480 e. The van der Waals surface area contributed by atoms with Crippen LogP contribution in [-0.2, 0) is 4.79 Å². The molecule has 1 aromatic heterocycles. The first-order valence-corrected chi connectivity index (χ1v) is 5.46. The number of nitrogens with one attached hydrogen (secondary N) is 1. The number of aromatic nitrogens is 2. The average molecular weight is 247 g/mol. The van der Waals surface area contributed by atoms with Crippen molar-refractivity contribution in [1.29, 1.82) is 0 Å². The lowest BCUT2D eigenvalue weighted by Gasteiger charge is -2.18. The highest BCUT2D eigenvalue weighted by molar-refractivity contribution is 5.90. The molecule has 1 aromatic carbocycles. The second-order valence-electron chi connectivity index (χ2n) is 3.94. The summed E-state index contributed by atoms with van der Waals surface area (Å²) in [6.45, 7) is 1.41. The third-order valence-electron chi connectivity index (χ3n) is 2.58. The number of rotatable bonds is 4. The van der Waals surface area contributed by atoms with E-state index in [-0.39, 0.29) is 0 Å². The van der Waals surface area contributed by atoms with Gasteiger partial charge in [0.2, 0.25) is 0 Å². The molecule has 0 aliphatic carbocycles. The Kier molecular flexibility index (Phi) is 3.38. The maximum absolute atomic E-state index is 11.0. The molecule has 0 spiro atoms. The Bertz CT molecular complexity index is 566. The van der Waals surface area contributed by atoms with Gasteiger partial charge >= 0.3 is 5.97 Å². The maximum Gasteiger partial charge on any atom is 0.328 e. The molecular weight excluding hydrogens is 234 g/mol. The van der Waals surface area contributed by atoms with Crippen LogP contribution in [0.5, 0.6) is 0 Å². The van der Waals surface area contributed by atoms with E-state index in [0.29, 0.717) is 16.7 Å². The molecule has 0 radical (unpaired) electrons. The SMILES string of the molecule is C[C@@H](O)[C@H](Nc1ncnc2ccccc12)C(=O)O. The van der Waals surface area contributed by atoms with Gasteiger partial charge < -0.3 is 15.5 Å². The lowest BCUT2D eigenvalue weighted by Crippen LogP contribution is -2.39. The summed E-state index contributed by atoms with van der Waals surface area (Å²) in [6.07, 6.45) is 0.322. The molecule has 0 saturated heterocycles. The Morgan fingerprint density at radius 3 is 2.72 bits per heavy atom. The Balaban J connectivity index is 2.39. The number of hydrogen-bond donors (Lipinski definition) is 3. The van der Waals surface area contributed by atoms with Gasteiger partial charge in [0.1, 0.15) is 12.1 Å². The van der Waals surface area contributed by atoms with Crippen molar-refractivity contribution in [2.75, 3.05) is 5.32 Å². The van der Waals surface area contributed by atoms with Gasteiger partial charge in [-0.1, -0.05) is 12.1 Å². The smallest absolute Gasteiger partial charge is 0.328 e. The second kappa shape index (κ2) is 4.97. The molecule has 3 N–H and O–H groups in total. The summed E-state index contributed by atoms with van der Waals surface area (Å²) in [5.74, 6) is -0.735. The number of carbonyl (C=O) groups is 1. The van der Waals surface area contributed by atoms with Gasteiger partial charge in [0, 0.05) is 5.39 Å². The van der Waals surface area contributed by atoms with Crippen LogP contribution in [0, 0.1) is 0 Å². The molecular formula is C12H13N3O3. The van der Waals surface area contributed by atoms with E-state index < -0.39 is 18.1 Å². The minimum Gasteiger partial charge on any atom is -0.480 e. The van der Waals surface area contributed by atoms with E-state index >= 15 is 0 Å². The third-order valence-corrected chi connectivity index (χ3v) is 2.58. The first-order valence-electron chi connectivity index (χ1n) is 5.46. The summed E-state index contributed by atoms with van der Waals surface area (Å²) < 4.78 is 0. The van der Waals surface area contributed by atoms with Crippen molar-refractivity contribution in [1.82, 2.24) is 9.97 Å². The Morgan fingerprint density at radius 2 is 2.06 bits per heavy atom. The number of carboxylic acid groups (broad SMARTS) is 1. The predicted octanol–water partition coefficient (Wildman–Crippen LogP) is 0.876. The zero-order valence-corrected chi connectivity index (χ0v) is 9.74. The number of anilines is 1. The van der Waals surface area contributed by atoms with Crippen LogP contribution in [0.25, 0.3) is 10.9 Å². The van der Waals surface area contributed by atoms with E-state index in [9.17, 15) is 9.90 Å². The van der Waals surface area contributed by atoms with Crippen molar-refractivity contribution in [3.8, 4) is 0 Å². The Hall–Kier alpha value is -2.21. The van der Waals surface area contributed by atoms with Crippen LogP contribution in [0.4, 0.5) is 5.82 Å². The van der Waals surface area contributed by atoms with E-state index in [2.05, 4.69) is 15.3 Å². The van der Waals surface area contributed by atoms with Crippen molar-refractivity contribution in [3.63, 3.8) is 0 Å². The Labute approximate surface area is 103 Å².